The monoisotopic (exact) mass is 229 g/mol. The molecular formula is C14H29O2. The van der Waals surface area contributed by atoms with Crippen LogP contribution in [0.5, 0.6) is 0 Å². The van der Waals surface area contributed by atoms with Crippen molar-refractivity contribution in [3.05, 3.63) is 6.61 Å². The minimum absolute atomic E-state index is 0.103. The van der Waals surface area contributed by atoms with Crippen LogP contribution in [0.2, 0.25) is 0 Å². The van der Waals surface area contributed by atoms with Gasteiger partial charge in [-0.05, 0) is 13.3 Å². The summed E-state index contributed by atoms with van der Waals surface area (Å²) in [6.45, 7) is 6.05. The summed E-state index contributed by atoms with van der Waals surface area (Å²) < 4.78 is 10.3. The average molecular weight is 229 g/mol. The maximum absolute atomic E-state index is 5.30. The lowest BCUT2D eigenvalue weighted by atomic mass is 10.1. The van der Waals surface area contributed by atoms with Gasteiger partial charge in [0.15, 0.2) is 6.29 Å². The summed E-state index contributed by atoms with van der Waals surface area (Å²) in [7, 11) is 1.66. The minimum Gasteiger partial charge on any atom is -0.356 e. The lowest BCUT2D eigenvalue weighted by Gasteiger charge is -2.09. The van der Waals surface area contributed by atoms with Gasteiger partial charge in [-0.2, -0.15) is 0 Å². The molecule has 1 unspecified atom stereocenters. The molecule has 0 aromatic rings. The zero-order valence-corrected chi connectivity index (χ0v) is 11.3. The zero-order valence-electron chi connectivity index (χ0n) is 11.3. The van der Waals surface area contributed by atoms with Crippen molar-refractivity contribution in [2.24, 2.45) is 0 Å². The Morgan fingerprint density at radius 1 is 0.938 bits per heavy atom. The molecule has 1 radical (unpaired) electrons. The Balaban J connectivity index is 2.93. The topological polar surface area (TPSA) is 18.5 Å². The van der Waals surface area contributed by atoms with Gasteiger partial charge in [0.05, 0.1) is 6.61 Å². The van der Waals surface area contributed by atoms with Crippen LogP contribution in [0.4, 0.5) is 0 Å². The third-order valence-corrected chi connectivity index (χ3v) is 2.80. The molecule has 97 valence electrons. The van der Waals surface area contributed by atoms with Crippen LogP contribution in [-0.4, -0.2) is 13.4 Å². The van der Waals surface area contributed by atoms with E-state index in [4.69, 9.17) is 9.47 Å². The molecule has 0 aromatic carbocycles. The summed E-state index contributed by atoms with van der Waals surface area (Å²) in [6.07, 6.45) is 11.8. The van der Waals surface area contributed by atoms with Crippen LogP contribution in [0.15, 0.2) is 0 Å². The van der Waals surface area contributed by atoms with Crippen LogP contribution in [0.25, 0.3) is 0 Å². The minimum atomic E-state index is -0.103. The highest BCUT2D eigenvalue weighted by atomic mass is 16.7. The highest BCUT2D eigenvalue weighted by Crippen LogP contribution is 2.10. The van der Waals surface area contributed by atoms with Crippen molar-refractivity contribution < 1.29 is 9.47 Å². The maximum Gasteiger partial charge on any atom is 0.154 e. The summed E-state index contributed by atoms with van der Waals surface area (Å²) in [5, 5.41) is 0. The highest BCUT2D eigenvalue weighted by Gasteiger charge is 1.98. The third kappa shape index (κ3) is 12.0. The van der Waals surface area contributed by atoms with Gasteiger partial charge in [0.25, 0.3) is 0 Å². The Labute approximate surface area is 102 Å². The Morgan fingerprint density at radius 3 is 2.06 bits per heavy atom. The molecule has 0 amide bonds. The zero-order chi connectivity index (χ0) is 12.1. The summed E-state index contributed by atoms with van der Waals surface area (Å²) in [6, 6.07) is 0. The maximum atomic E-state index is 5.30. The van der Waals surface area contributed by atoms with Crippen molar-refractivity contribution in [2.75, 3.05) is 7.11 Å². The number of methoxy groups -OCH3 is 1. The van der Waals surface area contributed by atoms with Crippen LogP contribution >= 0.6 is 0 Å². The van der Waals surface area contributed by atoms with Crippen molar-refractivity contribution in [1.82, 2.24) is 0 Å². The Hall–Kier alpha value is -0.0800. The van der Waals surface area contributed by atoms with Crippen LogP contribution in [0.3, 0.4) is 0 Å². The van der Waals surface area contributed by atoms with Gasteiger partial charge >= 0.3 is 0 Å². The van der Waals surface area contributed by atoms with Crippen molar-refractivity contribution in [3.8, 4) is 0 Å². The molecule has 2 heteroatoms. The molecule has 0 aliphatic rings. The fourth-order valence-electron chi connectivity index (χ4n) is 1.62. The molecule has 0 aliphatic heterocycles. The molecule has 0 fully saturated rings. The molecule has 0 aliphatic carbocycles. The van der Waals surface area contributed by atoms with E-state index in [0.717, 1.165) is 6.42 Å². The Bertz CT molecular complexity index is 126. The largest absolute Gasteiger partial charge is 0.356 e. The van der Waals surface area contributed by atoms with Crippen LogP contribution in [-0.2, 0) is 9.47 Å². The molecule has 0 spiro atoms. The van der Waals surface area contributed by atoms with Crippen molar-refractivity contribution in [2.45, 2.75) is 77.9 Å². The van der Waals surface area contributed by atoms with E-state index in [1.165, 1.54) is 51.4 Å². The second-order valence-corrected chi connectivity index (χ2v) is 4.37. The van der Waals surface area contributed by atoms with Gasteiger partial charge in [0.1, 0.15) is 0 Å². The highest BCUT2D eigenvalue weighted by molar-refractivity contribution is 4.53. The molecule has 16 heavy (non-hydrogen) atoms. The average Bonchev–Trinajstić information content (AvgIpc) is 2.31. The quantitative estimate of drug-likeness (QED) is 0.357. The predicted molar refractivity (Wildman–Crippen MR) is 69.1 cm³/mol. The van der Waals surface area contributed by atoms with Crippen LogP contribution < -0.4 is 0 Å². The van der Waals surface area contributed by atoms with E-state index in [1.54, 1.807) is 7.11 Å². The number of unbranched alkanes of at least 4 members (excludes halogenated alkanes) is 8. The van der Waals surface area contributed by atoms with Gasteiger partial charge in [-0.15, -0.1) is 0 Å². The van der Waals surface area contributed by atoms with Crippen molar-refractivity contribution in [1.29, 1.82) is 0 Å². The molecule has 0 saturated heterocycles. The lowest BCUT2D eigenvalue weighted by molar-refractivity contribution is -0.0869. The standard InChI is InChI=1S/C14H29O2/c1-4-5-6-7-8-9-10-11-12-13-16-14(2)15-3/h13-14H,4-12H2,1-3H3. The Morgan fingerprint density at radius 2 is 1.50 bits per heavy atom. The first-order valence-corrected chi connectivity index (χ1v) is 6.81. The van der Waals surface area contributed by atoms with Gasteiger partial charge in [-0.25, -0.2) is 0 Å². The van der Waals surface area contributed by atoms with Gasteiger partial charge in [-0.3, -0.25) is 0 Å². The summed E-state index contributed by atoms with van der Waals surface area (Å²) in [4.78, 5) is 0. The van der Waals surface area contributed by atoms with E-state index in [1.807, 2.05) is 13.5 Å². The first-order chi connectivity index (χ1) is 7.81. The first kappa shape index (κ1) is 15.9. The fourth-order valence-corrected chi connectivity index (χ4v) is 1.62. The first-order valence-electron chi connectivity index (χ1n) is 6.81. The molecule has 0 bridgehead atoms. The van der Waals surface area contributed by atoms with Crippen LogP contribution in [0, 0.1) is 6.61 Å². The van der Waals surface area contributed by atoms with E-state index in [-0.39, 0.29) is 6.29 Å². The second kappa shape index (κ2) is 13.0. The summed E-state index contributed by atoms with van der Waals surface area (Å²) in [5.41, 5.74) is 0. The van der Waals surface area contributed by atoms with Crippen LogP contribution in [0.1, 0.15) is 71.6 Å². The van der Waals surface area contributed by atoms with Gasteiger partial charge in [0.2, 0.25) is 0 Å². The van der Waals surface area contributed by atoms with E-state index >= 15 is 0 Å². The molecule has 0 N–H and O–H groups in total. The molecule has 0 aromatic heterocycles. The SMILES string of the molecule is CCCCCCCCCC[CH]OC(C)OC. The third-order valence-electron chi connectivity index (χ3n) is 2.80. The van der Waals surface area contributed by atoms with E-state index in [2.05, 4.69) is 6.92 Å². The van der Waals surface area contributed by atoms with Crippen molar-refractivity contribution >= 4 is 0 Å². The summed E-state index contributed by atoms with van der Waals surface area (Å²) in [5.74, 6) is 0. The normalized spacial score (nSPS) is 12.9. The number of hydrogen-bond acceptors (Lipinski definition) is 2. The van der Waals surface area contributed by atoms with E-state index in [0.29, 0.717) is 0 Å². The number of hydrogen-bond donors (Lipinski definition) is 0. The molecule has 1 atom stereocenters. The molecular weight excluding hydrogens is 200 g/mol. The lowest BCUT2D eigenvalue weighted by Crippen LogP contribution is -2.07. The van der Waals surface area contributed by atoms with E-state index < -0.39 is 0 Å². The molecule has 0 rings (SSSR count). The predicted octanol–water partition coefficient (Wildman–Crippen LogP) is 4.69. The molecule has 0 saturated carbocycles. The van der Waals surface area contributed by atoms with Gasteiger partial charge in [-0.1, -0.05) is 58.3 Å². The number of ether oxygens (including phenoxy) is 2. The molecule has 0 heterocycles. The second-order valence-electron chi connectivity index (χ2n) is 4.37. The van der Waals surface area contributed by atoms with E-state index in [9.17, 15) is 0 Å². The summed E-state index contributed by atoms with van der Waals surface area (Å²) >= 11 is 0. The fraction of sp³-hybridized carbons (Fsp3) is 0.929. The van der Waals surface area contributed by atoms with Crippen molar-refractivity contribution in [3.63, 3.8) is 0 Å². The molecule has 2 nitrogen and oxygen atoms in total. The number of rotatable bonds is 12. The smallest absolute Gasteiger partial charge is 0.154 e. The Kier molecular flexibility index (Phi) is 12.9. The van der Waals surface area contributed by atoms with Gasteiger partial charge < -0.3 is 9.47 Å². The van der Waals surface area contributed by atoms with Gasteiger partial charge in [0, 0.05) is 7.11 Å².